The fourth-order valence-electron chi connectivity index (χ4n) is 2.88. The Labute approximate surface area is 176 Å². The summed E-state index contributed by atoms with van der Waals surface area (Å²) >= 11 is 0. The van der Waals surface area contributed by atoms with Gasteiger partial charge in [-0.2, -0.15) is 0 Å². The number of anilines is 1. The molecule has 0 aliphatic carbocycles. The molecule has 3 aromatic rings. The van der Waals surface area contributed by atoms with Gasteiger partial charge in [-0.3, -0.25) is 14.8 Å². The van der Waals surface area contributed by atoms with Crippen molar-refractivity contribution in [2.45, 2.75) is 6.54 Å². The Morgan fingerprint density at radius 2 is 1.93 bits per heavy atom. The number of nitrogens with zero attached hydrogens (tertiary/aromatic N) is 2. The number of carbonyl (C=O) groups excluding carboxylic acids is 1. The summed E-state index contributed by atoms with van der Waals surface area (Å²) < 4.78 is 0. The summed E-state index contributed by atoms with van der Waals surface area (Å²) in [5.74, 6) is -0.103. The van der Waals surface area contributed by atoms with Gasteiger partial charge in [-0.25, -0.2) is 0 Å². The van der Waals surface area contributed by atoms with Crippen LogP contribution in [0, 0.1) is 0 Å². The van der Waals surface area contributed by atoms with Gasteiger partial charge in [-0.05, 0) is 41.0 Å². The van der Waals surface area contributed by atoms with Crippen LogP contribution < -0.4 is 16.4 Å². The fraction of sp³-hybridized carbons (Fsp3) is 0.125. The van der Waals surface area contributed by atoms with Gasteiger partial charge in [0, 0.05) is 42.6 Å². The highest BCUT2D eigenvalue weighted by Crippen LogP contribution is 2.28. The van der Waals surface area contributed by atoms with Crippen molar-refractivity contribution in [3.05, 3.63) is 90.3 Å². The number of amides is 1. The van der Waals surface area contributed by atoms with Crippen LogP contribution in [0.15, 0.2) is 84.1 Å². The number of aliphatic imine (C=N–C) groups is 1. The molecule has 1 amide bonds. The van der Waals surface area contributed by atoms with E-state index in [1.54, 1.807) is 31.7 Å². The summed E-state index contributed by atoms with van der Waals surface area (Å²) in [5.41, 5.74) is 11.7. The molecule has 0 bridgehead atoms. The van der Waals surface area contributed by atoms with Crippen LogP contribution in [0.3, 0.4) is 0 Å². The molecule has 0 atom stereocenters. The molecule has 6 heteroatoms. The minimum Gasteiger partial charge on any atom is -0.398 e. The lowest BCUT2D eigenvalue weighted by Crippen LogP contribution is -2.26. The third-order valence-corrected chi connectivity index (χ3v) is 4.51. The molecule has 0 aliphatic heterocycles. The predicted molar refractivity (Wildman–Crippen MR) is 123 cm³/mol. The van der Waals surface area contributed by atoms with Crippen LogP contribution in [-0.2, 0) is 11.3 Å². The van der Waals surface area contributed by atoms with Gasteiger partial charge in [0.2, 0.25) is 5.91 Å². The molecule has 6 nitrogen and oxygen atoms in total. The Hall–Kier alpha value is -3.93. The van der Waals surface area contributed by atoms with Crippen LogP contribution in [0.1, 0.15) is 11.1 Å². The van der Waals surface area contributed by atoms with Gasteiger partial charge < -0.3 is 16.4 Å². The standard InChI is InChI=1S/C24H25N5O/c1-26-24(30)17-29-23-10-9-20(19-7-3-2-4-8-19)14-21(23)22(25)11-13-28-16-18-6-5-12-27-15-18/h2-15,29H,16-17,25H2,1H3,(H,26,30)/b22-11-,28-13?. The van der Waals surface area contributed by atoms with E-state index in [2.05, 4.69) is 20.6 Å². The van der Waals surface area contributed by atoms with Crippen molar-refractivity contribution in [1.29, 1.82) is 0 Å². The molecular weight excluding hydrogens is 374 g/mol. The average molecular weight is 399 g/mol. The summed E-state index contributed by atoms with van der Waals surface area (Å²) in [6.07, 6.45) is 6.98. The third-order valence-electron chi connectivity index (χ3n) is 4.51. The lowest BCUT2D eigenvalue weighted by atomic mass is 10.00. The van der Waals surface area contributed by atoms with E-state index in [1.165, 1.54) is 0 Å². The summed E-state index contributed by atoms with van der Waals surface area (Å²) in [6.45, 7) is 0.694. The van der Waals surface area contributed by atoms with E-state index in [9.17, 15) is 4.79 Å². The number of likely N-dealkylation sites (N-methyl/N-ethyl adjacent to an activating group) is 1. The second kappa shape index (κ2) is 10.6. The molecule has 0 aliphatic rings. The Morgan fingerprint density at radius 3 is 2.67 bits per heavy atom. The molecule has 0 fully saturated rings. The number of aromatic nitrogens is 1. The molecule has 2 aromatic carbocycles. The van der Waals surface area contributed by atoms with Crippen molar-refractivity contribution in [2.75, 3.05) is 18.9 Å². The predicted octanol–water partition coefficient (Wildman–Crippen LogP) is 3.48. The topological polar surface area (TPSA) is 92.4 Å². The molecule has 30 heavy (non-hydrogen) atoms. The minimum absolute atomic E-state index is 0.103. The molecule has 0 saturated heterocycles. The van der Waals surface area contributed by atoms with E-state index in [0.29, 0.717) is 12.2 Å². The Morgan fingerprint density at radius 1 is 1.10 bits per heavy atom. The molecule has 3 rings (SSSR count). The SMILES string of the molecule is CNC(=O)CNc1ccc(-c2ccccc2)cc1/C(N)=C/C=NCc1cccnc1. The van der Waals surface area contributed by atoms with Crippen LogP contribution in [0.25, 0.3) is 16.8 Å². The van der Waals surface area contributed by atoms with Crippen molar-refractivity contribution in [3.8, 4) is 11.1 Å². The van der Waals surface area contributed by atoms with Gasteiger partial charge >= 0.3 is 0 Å². The monoisotopic (exact) mass is 399 g/mol. The normalized spacial score (nSPS) is 11.4. The highest BCUT2D eigenvalue weighted by atomic mass is 16.1. The molecule has 1 heterocycles. The highest BCUT2D eigenvalue weighted by molar-refractivity contribution is 5.89. The third kappa shape index (κ3) is 5.78. The fourth-order valence-corrected chi connectivity index (χ4v) is 2.88. The quantitative estimate of drug-likeness (QED) is 0.506. The number of hydrogen-bond donors (Lipinski definition) is 3. The first-order valence-corrected chi connectivity index (χ1v) is 9.66. The number of benzene rings is 2. The van der Waals surface area contributed by atoms with Crippen molar-refractivity contribution >= 4 is 23.5 Å². The van der Waals surface area contributed by atoms with E-state index in [4.69, 9.17) is 5.73 Å². The Balaban J connectivity index is 1.85. The second-order valence-electron chi connectivity index (χ2n) is 6.63. The molecular formula is C24H25N5O. The zero-order valence-corrected chi connectivity index (χ0v) is 16.9. The number of nitrogens with one attached hydrogen (secondary N) is 2. The maximum Gasteiger partial charge on any atom is 0.239 e. The molecule has 0 radical (unpaired) electrons. The van der Waals surface area contributed by atoms with E-state index in [1.807, 2.05) is 60.7 Å². The molecule has 0 saturated carbocycles. The average Bonchev–Trinajstić information content (AvgIpc) is 2.81. The molecule has 0 unspecified atom stereocenters. The van der Waals surface area contributed by atoms with Crippen LogP contribution in [-0.4, -0.2) is 30.7 Å². The lowest BCUT2D eigenvalue weighted by Gasteiger charge is -2.14. The van der Waals surface area contributed by atoms with Gasteiger partial charge in [-0.1, -0.05) is 42.5 Å². The number of rotatable bonds is 8. The summed E-state index contributed by atoms with van der Waals surface area (Å²) in [7, 11) is 1.61. The Kier molecular flexibility index (Phi) is 7.33. The number of allylic oxidation sites excluding steroid dienone is 1. The van der Waals surface area contributed by atoms with Gasteiger partial charge in [-0.15, -0.1) is 0 Å². The van der Waals surface area contributed by atoms with Gasteiger partial charge in [0.15, 0.2) is 0 Å². The van der Waals surface area contributed by atoms with Gasteiger partial charge in [0.25, 0.3) is 0 Å². The van der Waals surface area contributed by atoms with Crippen molar-refractivity contribution in [3.63, 3.8) is 0 Å². The molecule has 152 valence electrons. The molecule has 0 spiro atoms. The van der Waals surface area contributed by atoms with E-state index >= 15 is 0 Å². The zero-order valence-electron chi connectivity index (χ0n) is 16.9. The zero-order chi connectivity index (χ0) is 21.2. The van der Waals surface area contributed by atoms with E-state index < -0.39 is 0 Å². The minimum atomic E-state index is -0.103. The lowest BCUT2D eigenvalue weighted by molar-refractivity contribution is -0.118. The summed E-state index contributed by atoms with van der Waals surface area (Å²) in [4.78, 5) is 20.1. The first kappa shape index (κ1) is 20.8. The van der Waals surface area contributed by atoms with Crippen LogP contribution in [0.4, 0.5) is 5.69 Å². The number of carbonyl (C=O) groups is 1. The maximum atomic E-state index is 11.7. The number of hydrogen-bond acceptors (Lipinski definition) is 5. The number of pyridine rings is 1. The maximum absolute atomic E-state index is 11.7. The van der Waals surface area contributed by atoms with Crippen LogP contribution >= 0.6 is 0 Å². The van der Waals surface area contributed by atoms with Crippen LogP contribution in [0.5, 0.6) is 0 Å². The summed E-state index contributed by atoms with van der Waals surface area (Å²) in [5, 5.41) is 5.76. The van der Waals surface area contributed by atoms with Gasteiger partial charge in [0.05, 0.1) is 13.1 Å². The van der Waals surface area contributed by atoms with Crippen molar-refractivity contribution in [2.24, 2.45) is 10.7 Å². The van der Waals surface area contributed by atoms with Crippen molar-refractivity contribution < 1.29 is 4.79 Å². The first-order valence-electron chi connectivity index (χ1n) is 9.66. The Bertz CT molecular complexity index is 1030. The highest BCUT2D eigenvalue weighted by Gasteiger charge is 2.09. The van der Waals surface area contributed by atoms with Crippen molar-refractivity contribution in [1.82, 2.24) is 10.3 Å². The van der Waals surface area contributed by atoms with E-state index in [0.717, 1.165) is 27.9 Å². The second-order valence-corrected chi connectivity index (χ2v) is 6.63. The molecule has 1 aromatic heterocycles. The molecule has 4 N–H and O–H groups in total. The van der Waals surface area contributed by atoms with E-state index in [-0.39, 0.29) is 12.5 Å². The van der Waals surface area contributed by atoms with Crippen LogP contribution in [0.2, 0.25) is 0 Å². The first-order chi connectivity index (χ1) is 14.7. The number of nitrogens with two attached hydrogens (primary N) is 1. The summed E-state index contributed by atoms with van der Waals surface area (Å²) in [6, 6.07) is 19.9. The smallest absolute Gasteiger partial charge is 0.239 e. The van der Waals surface area contributed by atoms with Gasteiger partial charge in [0.1, 0.15) is 0 Å². The largest absolute Gasteiger partial charge is 0.398 e.